The molecule has 2 aromatic carbocycles. The van der Waals surface area contributed by atoms with E-state index >= 15 is 0 Å². The van der Waals surface area contributed by atoms with Crippen molar-refractivity contribution in [3.63, 3.8) is 0 Å². The van der Waals surface area contributed by atoms with Crippen molar-refractivity contribution in [2.45, 2.75) is 0 Å². The van der Waals surface area contributed by atoms with Crippen molar-refractivity contribution in [1.29, 1.82) is 0 Å². The number of carboxylic acid groups (broad SMARTS) is 1. The van der Waals surface area contributed by atoms with E-state index < -0.39 is 12.1 Å². The summed E-state index contributed by atoms with van der Waals surface area (Å²) in [5, 5.41) is 11.4. The maximum atomic E-state index is 11.7. The quantitative estimate of drug-likeness (QED) is 0.347. The van der Waals surface area contributed by atoms with Gasteiger partial charge in [0.1, 0.15) is 0 Å². The molecule has 0 bridgehead atoms. The Morgan fingerprint density at radius 3 is 2.36 bits per heavy atom. The van der Waals surface area contributed by atoms with Gasteiger partial charge in [0.25, 0.3) is 0 Å². The molecule has 0 atom stereocenters. The lowest BCUT2D eigenvalue weighted by molar-refractivity contribution is 0.0510. The predicted octanol–water partition coefficient (Wildman–Crippen LogP) is 2.58. The molecule has 4 N–H and O–H groups in total. The molecule has 7 heteroatoms. The fourth-order valence-corrected chi connectivity index (χ4v) is 1.71. The van der Waals surface area contributed by atoms with Gasteiger partial charge in [0, 0.05) is 5.69 Å². The van der Waals surface area contributed by atoms with Crippen molar-refractivity contribution in [1.82, 2.24) is 0 Å². The summed E-state index contributed by atoms with van der Waals surface area (Å²) in [5.74, 6) is -0.957. The monoisotopic (exact) mass is 299 g/mol. The van der Waals surface area contributed by atoms with Gasteiger partial charge < -0.3 is 20.9 Å². The van der Waals surface area contributed by atoms with Crippen molar-refractivity contribution in [3.05, 3.63) is 60.2 Å². The second-order valence-corrected chi connectivity index (χ2v) is 4.16. The molecule has 0 amide bonds. The van der Waals surface area contributed by atoms with E-state index in [-0.39, 0.29) is 17.2 Å². The molecule has 22 heavy (non-hydrogen) atoms. The number of esters is 1. The summed E-state index contributed by atoms with van der Waals surface area (Å²) in [6.45, 7) is 0. The van der Waals surface area contributed by atoms with Crippen LogP contribution in [0.15, 0.2) is 59.6 Å². The number of para-hydroxylation sites is 2. The summed E-state index contributed by atoms with van der Waals surface area (Å²) >= 11 is 0. The molecule has 2 rings (SSSR count). The van der Waals surface area contributed by atoms with Crippen LogP contribution >= 0.6 is 0 Å². The number of rotatable bonds is 3. The smallest absolute Gasteiger partial charge is 0.449 e. The van der Waals surface area contributed by atoms with Crippen LogP contribution in [0.5, 0.6) is 0 Å². The molecule has 0 saturated heterocycles. The maximum absolute atomic E-state index is 11.7. The van der Waals surface area contributed by atoms with Crippen LogP contribution in [-0.4, -0.2) is 23.2 Å². The molecule has 0 unspecified atom stereocenters. The molecule has 0 radical (unpaired) electrons. The third-order valence-electron chi connectivity index (χ3n) is 2.59. The standard InChI is InChI=1S/C15H13N3O4/c16-14(17-10-6-2-1-3-7-10)18-12-9-5-4-8-11(12)13(19)22-15(20)21/h1-9H,(H,20,21)(H3,16,17,18). The van der Waals surface area contributed by atoms with E-state index in [9.17, 15) is 9.59 Å². The Kier molecular flexibility index (Phi) is 4.71. The van der Waals surface area contributed by atoms with Gasteiger partial charge in [0.05, 0.1) is 11.3 Å². The Balaban J connectivity index is 2.23. The fraction of sp³-hybridized carbons (Fsp3) is 0. The average Bonchev–Trinajstić information content (AvgIpc) is 2.48. The van der Waals surface area contributed by atoms with E-state index in [1.54, 1.807) is 24.3 Å². The Morgan fingerprint density at radius 1 is 1.05 bits per heavy atom. The summed E-state index contributed by atoms with van der Waals surface area (Å²) < 4.78 is 4.12. The Labute approximate surface area is 126 Å². The van der Waals surface area contributed by atoms with Crippen molar-refractivity contribution in [2.24, 2.45) is 10.7 Å². The third kappa shape index (κ3) is 4.07. The van der Waals surface area contributed by atoms with E-state index in [1.165, 1.54) is 12.1 Å². The van der Waals surface area contributed by atoms with Crippen molar-refractivity contribution >= 4 is 29.5 Å². The van der Waals surface area contributed by atoms with Crippen LogP contribution in [0.4, 0.5) is 16.2 Å². The van der Waals surface area contributed by atoms with E-state index in [0.29, 0.717) is 0 Å². The molecule has 0 heterocycles. The molecule has 0 aliphatic rings. The number of carbonyl (C=O) groups is 2. The molecular formula is C15H13N3O4. The van der Waals surface area contributed by atoms with E-state index in [0.717, 1.165) is 5.69 Å². The minimum Gasteiger partial charge on any atom is -0.449 e. The molecule has 0 spiro atoms. The zero-order valence-electron chi connectivity index (χ0n) is 11.4. The third-order valence-corrected chi connectivity index (χ3v) is 2.59. The first kappa shape index (κ1) is 15.0. The molecule has 2 aromatic rings. The van der Waals surface area contributed by atoms with Crippen LogP contribution < -0.4 is 11.1 Å². The van der Waals surface area contributed by atoms with Crippen LogP contribution in [0.3, 0.4) is 0 Å². The number of aliphatic imine (C=N–C) groups is 1. The number of nitrogens with two attached hydrogens (primary N) is 1. The number of benzene rings is 2. The van der Waals surface area contributed by atoms with Gasteiger partial charge in [0.15, 0.2) is 5.96 Å². The summed E-state index contributed by atoms with van der Waals surface area (Å²) in [5.41, 5.74) is 6.72. The number of nitrogens with one attached hydrogen (secondary N) is 1. The number of guanidine groups is 1. The van der Waals surface area contributed by atoms with Crippen molar-refractivity contribution in [3.8, 4) is 0 Å². The summed E-state index contributed by atoms with van der Waals surface area (Å²) in [6, 6.07) is 15.2. The van der Waals surface area contributed by atoms with E-state index in [2.05, 4.69) is 15.0 Å². The molecule has 7 nitrogen and oxygen atoms in total. The first-order valence-corrected chi connectivity index (χ1v) is 6.26. The van der Waals surface area contributed by atoms with Crippen LogP contribution in [0.25, 0.3) is 0 Å². The molecular weight excluding hydrogens is 286 g/mol. The van der Waals surface area contributed by atoms with E-state index in [1.807, 2.05) is 18.2 Å². The fourth-order valence-electron chi connectivity index (χ4n) is 1.71. The van der Waals surface area contributed by atoms with Gasteiger partial charge in [0.2, 0.25) is 0 Å². The highest BCUT2D eigenvalue weighted by atomic mass is 16.7. The number of hydrogen-bond donors (Lipinski definition) is 3. The molecule has 0 saturated carbocycles. The van der Waals surface area contributed by atoms with Gasteiger partial charge in [-0.25, -0.2) is 14.6 Å². The number of hydrogen-bond acceptors (Lipinski definition) is 4. The second-order valence-electron chi connectivity index (χ2n) is 4.16. The first-order chi connectivity index (χ1) is 10.6. The van der Waals surface area contributed by atoms with Gasteiger partial charge in [-0.15, -0.1) is 0 Å². The number of carbonyl (C=O) groups excluding carboxylic acids is 1. The Bertz CT molecular complexity index is 714. The maximum Gasteiger partial charge on any atom is 0.513 e. The van der Waals surface area contributed by atoms with Gasteiger partial charge in [-0.05, 0) is 24.3 Å². The normalized spacial score (nSPS) is 10.8. The minimum absolute atomic E-state index is 0.00251. The summed E-state index contributed by atoms with van der Waals surface area (Å²) in [7, 11) is 0. The highest BCUT2D eigenvalue weighted by Crippen LogP contribution is 2.20. The molecule has 0 aromatic heterocycles. The van der Waals surface area contributed by atoms with Crippen LogP contribution in [0, 0.1) is 0 Å². The summed E-state index contributed by atoms with van der Waals surface area (Å²) in [6.07, 6.45) is -1.68. The Morgan fingerprint density at radius 2 is 1.68 bits per heavy atom. The molecule has 0 aliphatic heterocycles. The topological polar surface area (TPSA) is 114 Å². The van der Waals surface area contributed by atoms with Gasteiger partial charge in [-0.3, -0.25) is 0 Å². The molecule has 0 fully saturated rings. The number of nitrogens with zero attached hydrogens (tertiary/aromatic N) is 1. The van der Waals surface area contributed by atoms with Gasteiger partial charge in [-0.2, -0.15) is 0 Å². The average molecular weight is 299 g/mol. The van der Waals surface area contributed by atoms with Crippen LogP contribution in [0.1, 0.15) is 10.4 Å². The SMILES string of the molecule is NC(=Nc1ccccc1C(=O)OC(=O)O)Nc1ccccc1. The zero-order valence-corrected chi connectivity index (χ0v) is 11.4. The van der Waals surface area contributed by atoms with Gasteiger partial charge in [-0.1, -0.05) is 30.3 Å². The number of anilines is 1. The molecule has 112 valence electrons. The van der Waals surface area contributed by atoms with Crippen LogP contribution in [-0.2, 0) is 4.74 Å². The van der Waals surface area contributed by atoms with Crippen molar-refractivity contribution in [2.75, 3.05) is 5.32 Å². The lowest BCUT2D eigenvalue weighted by Crippen LogP contribution is -2.22. The van der Waals surface area contributed by atoms with Crippen molar-refractivity contribution < 1.29 is 19.4 Å². The largest absolute Gasteiger partial charge is 0.513 e. The zero-order chi connectivity index (χ0) is 15.9. The first-order valence-electron chi connectivity index (χ1n) is 6.26. The number of ether oxygens (including phenoxy) is 1. The predicted molar refractivity (Wildman–Crippen MR) is 81.2 cm³/mol. The second kappa shape index (κ2) is 6.89. The lowest BCUT2D eigenvalue weighted by atomic mass is 10.2. The molecule has 0 aliphatic carbocycles. The van der Waals surface area contributed by atoms with Crippen LogP contribution in [0.2, 0.25) is 0 Å². The van der Waals surface area contributed by atoms with E-state index in [4.69, 9.17) is 10.8 Å². The highest BCUT2D eigenvalue weighted by Gasteiger charge is 2.15. The van der Waals surface area contributed by atoms with Gasteiger partial charge >= 0.3 is 12.1 Å². The lowest BCUT2D eigenvalue weighted by Gasteiger charge is -2.07. The highest BCUT2D eigenvalue weighted by molar-refractivity contribution is 6.01. The minimum atomic E-state index is -1.68. The Hall–Kier alpha value is -3.35. The summed E-state index contributed by atoms with van der Waals surface area (Å²) in [4.78, 5) is 26.2.